The van der Waals surface area contributed by atoms with Gasteiger partial charge in [-0.25, -0.2) is 0 Å². The fraction of sp³-hybridized carbons (Fsp3) is 0.625. The van der Waals surface area contributed by atoms with Crippen molar-refractivity contribution in [3.05, 3.63) is 24.3 Å². The molecule has 0 saturated carbocycles. The number of benzene rings is 1. The molecule has 1 N–H and O–H groups in total. The van der Waals surface area contributed by atoms with Crippen LogP contribution in [0.1, 0.15) is 32.6 Å². The monoisotopic (exact) mass is 487 g/mol. The van der Waals surface area contributed by atoms with Crippen LogP contribution in [0.2, 0.25) is 0 Å². The van der Waals surface area contributed by atoms with Crippen LogP contribution in [-0.4, -0.2) is 71.5 Å². The minimum Gasteiger partial charge on any atom is -0.486 e. The van der Waals surface area contributed by atoms with Crippen LogP contribution in [-0.2, 0) is 16.1 Å². The molecule has 0 bridgehead atoms. The molecule has 3 aliphatic heterocycles. The Morgan fingerprint density at radius 1 is 1.15 bits per heavy atom. The summed E-state index contributed by atoms with van der Waals surface area (Å²) in [5, 5.41) is 12.7. The SMILES string of the molecule is CC1CCN(c2nnc(SCC(=O)NCC3COc4ccccc4O3)n2CC2CCCO2)CC1. The third-order valence-electron chi connectivity index (χ3n) is 6.60. The molecule has 34 heavy (non-hydrogen) atoms. The van der Waals surface area contributed by atoms with Gasteiger partial charge < -0.3 is 24.4 Å². The summed E-state index contributed by atoms with van der Waals surface area (Å²) in [7, 11) is 0. The molecule has 0 aliphatic carbocycles. The maximum Gasteiger partial charge on any atom is 0.230 e. The number of anilines is 1. The molecule has 0 spiro atoms. The molecule has 2 atom stereocenters. The van der Waals surface area contributed by atoms with E-state index in [0.29, 0.717) is 18.9 Å². The Balaban J connectivity index is 1.17. The van der Waals surface area contributed by atoms with Gasteiger partial charge in [-0.2, -0.15) is 0 Å². The summed E-state index contributed by atoms with van der Waals surface area (Å²) in [6.07, 6.45) is 4.43. The van der Waals surface area contributed by atoms with Crippen LogP contribution < -0.4 is 19.7 Å². The summed E-state index contributed by atoms with van der Waals surface area (Å²) in [6, 6.07) is 7.58. The number of carbonyl (C=O) groups is 1. The Kier molecular flexibility index (Phi) is 7.44. The van der Waals surface area contributed by atoms with E-state index in [-0.39, 0.29) is 23.9 Å². The number of fused-ring (bicyclic) bond motifs is 1. The van der Waals surface area contributed by atoms with Crippen molar-refractivity contribution in [3.8, 4) is 11.5 Å². The molecule has 2 aromatic rings. The molecule has 2 fully saturated rings. The quantitative estimate of drug-likeness (QED) is 0.569. The molecule has 1 aromatic carbocycles. The number of carbonyl (C=O) groups excluding carboxylic acids is 1. The number of rotatable bonds is 8. The molecular weight excluding hydrogens is 454 g/mol. The topological polar surface area (TPSA) is 90.7 Å². The molecule has 2 unspecified atom stereocenters. The first kappa shape index (κ1) is 23.3. The fourth-order valence-electron chi connectivity index (χ4n) is 4.55. The van der Waals surface area contributed by atoms with Gasteiger partial charge in [-0.3, -0.25) is 9.36 Å². The summed E-state index contributed by atoms with van der Waals surface area (Å²) in [4.78, 5) is 14.9. The van der Waals surface area contributed by atoms with Gasteiger partial charge in [0.05, 0.1) is 24.9 Å². The molecular formula is C24H33N5O4S. The van der Waals surface area contributed by atoms with E-state index in [0.717, 1.165) is 74.7 Å². The van der Waals surface area contributed by atoms with Crippen LogP contribution in [0.5, 0.6) is 11.5 Å². The van der Waals surface area contributed by atoms with Crippen molar-refractivity contribution >= 4 is 23.6 Å². The lowest BCUT2D eigenvalue weighted by Crippen LogP contribution is -2.41. The molecule has 1 aromatic heterocycles. The average molecular weight is 488 g/mol. The number of amides is 1. The molecule has 5 rings (SSSR count). The first-order valence-corrected chi connectivity index (χ1v) is 13.2. The van der Waals surface area contributed by atoms with Gasteiger partial charge in [-0.15, -0.1) is 10.2 Å². The van der Waals surface area contributed by atoms with Gasteiger partial charge in [-0.05, 0) is 43.7 Å². The third-order valence-corrected chi connectivity index (χ3v) is 7.57. The second-order valence-corrected chi connectivity index (χ2v) is 10.2. The lowest BCUT2D eigenvalue weighted by molar-refractivity contribution is -0.119. The van der Waals surface area contributed by atoms with Crippen molar-refractivity contribution in [1.82, 2.24) is 20.1 Å². The van der Waals surface area contributed by atoms with E-state index in [1.807, 2.05) is 24.3 Å². The zero-order valence-electron chi connectivity index (χ0n) is 19.6. The average Bonchev–Trinajstić information content (AvgIpc) is 3.52. The normalized spacial score (nSPS) is 22.7. The second kappa shape index (κ2) is 10.9. The Morgan fingerprint density at radius 3 is 2.76 bits per heavy atom. The lowest BCUT2D eigenvalue weighted by atomic mass is 10.00. The number of aromatic nitrogens is 3. The Morgan fingerprint density at radius 2 is 1.97 bits per heavy atom. The van der Waals surface area contributed by atoms with Crippen LogP contribution in [0, 0.1) is 5.92 Å². The second-order valence-electron chi connectivity index (χ2n) is 9.29. The number of nitrogens with zero attached hydrogens (tertiary/aromatic N) is 4. The molecule has 184 valence electrons. The van der Waals surface area contributed by atoms with E-state index >= 15 is 0 Å². The zero-order chi connectivity index (χ0) is 23.3. The van der Waals surface area contributed by atoms with E-state index in [2.05, 4.69) is 31.9 Å². The van der Waals surface area contributed by atoms with E-state index < -0.39 is 0 Å². The van der Waals surface area contributed by atoms with Crippen LogP contribution >= 0.6 is 11.8 Å². The van der Waals surface area contributed by atoms with Gasteiger partial charge in [0.15, 0.2) is 16.7 Å². The maximum absolute atomic E-state index is 12.6. The van der Waals surface area contributed by atoms with Gasteiger partial charge in [0.2, 0.25) is 11.9 Å². The molecule has 9 nitrogen and oxygen atoms in total. The lowest BCUT2D eigenvalue weighted by Gasteiger charge is -2.31. The summed E-state index contributed by atoms with van der Waals surface area (Å²) in [6.45, 7) is 6.63. The first-order valence-electron chi connectivity index (χ1n) is 12.2. The van der Waals surface area contributed by atoms with Gasteiger partial charge in [0.1, 0.15) is 12.7 Å². The predicted octanol–water partition coefficient (Wildman–Crippen LogP) is 2.74. The van der Waals surface area contributed by atoms with Crippen LogP contribution in [0.3, 0.4) is 0 Å². The van der Waals surface area contributed by atoms with E-state index in [1.165, 1.54) is 11.8 Å². The smallest absolute Gasteiger partial charge is 0.230 e. The number of piperidine rings is 1. The Bertz CT molecular complexity index is 972. The standard InChI is InChI=1S/C24H33N5O4S/c1-17-8-10-28(11-9-17)23-26-27-24(29(23)14-18-5-4-12-31-18)34-16-22(30)25-13-19-15-32-20-6-2-3-7-21(20)33-19/h2-3,6-7,17-19H,4-5,8-16H2,1H3,(H,25,30). The summed E-state index contributed by atoms with van der Waals surface area (Å²) >= 11 is 1.42. The largest absolute Gasteiger partial charge is 0.486 e. The van der Waals surface area contributed by atoms with Crippen LogP contribution in [0.15, 0.2) is 29.4 Å². The zero-order valence-corrected chi connectivity index (χ0v) is 20.5. The van der Waals surface area contributed by atoms with Gasteiger partial charge in [0.25, 0.3) is 0 Å². The van der Waals surface area contributed by atoms with Crippen molar-refractivity contribution in [1.29, 1.82) is 0 Å². The van der Waals surface area contributed by atoms with Crippen molar-refractivity contribution < 1.29 is 19.0 Å². The highest BCUT2D eigenvalue weighted by molar-refractivity contribution is 7.99. The van der Waals surface area contributed by atoms with Crippen molar-refractivity contribution in [2.24, 2.45) is 5.92 Å². The Labute approximate surface area is 204 Å². The molecule has 4 heterocycles. The number of thioether (sulfide) groups is 1. The maximum atomic E-state index is 12.6. The number of para-hydroxylation sites is 2. The highest BCUT2D eigenvalue weighted by Gasteiger charge is 2.26. The van der Waals surface area contributed by atoms with Crippen molar-refractivity contribution in [2.45, 2.75) is 56.5 Å². The van der Waals surface area contributed by atoms with E-state index in [1.54, 1.807) is 0 Å². The first-order chi connectivity index (χ1) is 16.7. The highest BCUT2D eigenvalue weighted by atomic mass is 32.2. The fourth-order valence-corrected chi connectivity index (χ4v) is 5.33. The summed E-state index contributed by atoms with van der Waals surface area (Å²) in [5.41, 5.74) is 0. The van der Waals surface area contributed by atoms with Crippen molar-refractivity contribution in [3.63, 3.8) is 0 Å². The number of hydrogen-bond acceptors (Lipinski definition) is 8. The van der Waals surface area contributed by atoms with Gasteiger partial charge in [0, 0.05) is 19.7 Å². The predicted molar refractivity (Wildman–Crippen MR) is 130 cm³/mol. The molecule has 3 aliphatic rings. The third kappa shape index (κ3) is 5.60. The summed E-state index contributed by atoms with van der Waals surface area (Å²) in [5.74, 6) is 3.30. The Hall–Kier alpha value is -2.46. The van der Waals surface area contributed by atoms with E-state index in [9.17, 15) is 4.79 Å². The number of ether oxygens (including phenoxy) is 3. The van der Waals surface area contributed by atoms with Crippen LogP contribution in [0.25, 0.3) is 0 Å². The molecule has 10 heteroatoms. The van der Waals surface area contributed by atoms with E-state index in [4.69, 9.17) is 14.2 Å². The minimum absolute atomic E-state index is 0.0625. The van der Waals surface area contributed by atoms with Crippen molar-refractivity contribution in [2.75, 3.05) is 43.5 Å². The molecule has 1 amide bonds. The molecule has 2 saturated heterocycles. The van der Waals surface area contributed by atoms with Crippen LogP contribution in [0.4, 0.5) is 5.95 Å². The van der Waals surface area contributed by atoms with Gasteiger partial charge >= 0.3 is 0 Å². The van der Waals surface area contributed by atoms with Gasteiger partial charge in [-0.1, -0.05) is 30.8 Å². The molecule has 0 radical (unpaired) electrons. The number of nitrogens with one attached hydrogen (secondary N) is 1. The summed E-state index contributed by atoms with van der Waals surface area (Å²) < 4.78 is 19.7. The highest BCUT2D eigenvalue weighted by Crippen LogP contribution is 2.31. The number of hydrogen-bond donors (Lipinski definition) is 1. The minimum atomic E-state index is -0.208.